The van der Waals surface area contributed by atoms with Gasteiger partial charge in [-0.2, -0.15) is 0 Å². The second kappa shape index (κ2) is 8.57. The SMILES string of the molecule is CCC(C(=O)OCC(=O)NC1CCCCC1)c1ccccc1. The largest absolute Gasteiger partial charge is 0.455 e. The number of carbonyl (C=O) groups excluding carboxylic acids is 2. The average Bonchev–Trinajstić information content (AvgIpc) is 2.55. The van der Waals surface area contributed by atoms with Gasteiger partial charge in [-0.3, -0.25) is 9.59 Å². The van der Waals surface area contributed by atoms with Crippen molar-refractivity contribution in [3.05, 3.63) is 35.9 Å². The van der Waals surface area contributed by atoms with E-state index in [0.29, 0.717) is 6.42 Å². The lowest BCUT2D eigenvalue weighted by Crippen LogP contribution is -2.39. The van der Waals surface area contributed by atoms with Crippen LogP contribution in [0.4, 0.5) is 0 Å². The van der Waals surface area contributed by atoms with Gasteiger partial charge in [0.2, 0.25) is 0 Å². The summed E-state index contributed by atoms with van der Waals surface area (Å²) < 4.78 is 5.20. The van der Waals surface area contributed by atoms with Gasteiger partial charge < -0.3 is 10.1 Å². The van der Waals surface area contributed by atoms with Crippen LogP contribution in [0.15, 0.2) is 30.3 Å². The van der Waals surface area contributed by atoms with Crippen LogP contribution in [0, 0.1) is 0 Å². The Labute approximate surface area is 132 Å². The summed E-state index contributed by atoms with van der Waals surface area (Å²) in [6.07, 6.45) is 6.29. The van der Waals surface area contributed by atoms with Gasteiger partial charge in [0.15, 0.2) is 6.61 Å². The lowest BCUT2D eigenvalue weighted by atomic mass is 9.95. The molecule has 4 heteroatoms. The molecule has 1 aromatic carbocycles. The molecule has 0 heterocycles. The van der Waals surface area contributed by atoms with Crippen LogP contribution < -0.4 is 5.32 Å². The summed E-state index contributed by atoms with van der Waals surface area (Å²) in [7, 11) is 0. The Morgan fingerprint density at radius 1 is 1.18 bits per heavy atom. The first-order valence-corrected chi connectivity index (χ1v) is 8.21. The zero-order valence-corrected chi connectivity index (χ0v) is 13.2. The highest BCUT2D eigenvalue weighted by Gasteiger charge is 2.22. The molecular weight excluding hydrogens is 278 g/mol. The number of hydrogen-bond acceptors (Lipinski definition) is 3. The van der Waals surface area contributed by atoms with Gasteiger partial charge in [-0.15, -0.1) is 0 Å². The van der Waals surface area contributed by atoms with E-state index in [9.17, 15) is 9.59 Å². The molecular formula is C18H25NO3. The van der Waals surface area contributed by atoms with E-state index in [1.807, 2.05) is 37.3 Å². The standard InChI is InChI=1S/C18H25NO3/c1-2-16(14-9-5-3-6-10-14)18(21)22-13-17(20)19-15-11-7-4-8-12-15/h3,5-6,9-10,15-16H,2,4,7-8,11-13H2,1H3,(H,19,20). The number of carbonyl (C=O) groups is 2. The molecule has 1 aromatic rings. The highest BCUT2D eigenvalue weighted by molar-refractivity contribution is 5.83. The van der Waals surface area contributed by atoms with E-state index in [1.54, 1.807) is 0 Å². The molecule has 1 fully saturated rings. The molecule has 1 N–H and O–H groups in total. The number of esters is 1. The summed E-state index contributed by atoms with van der Waals surface area (Å²) in [6, 6.07) is 9.80. The molecule has 4 nitrogen and oxygen atoms in total. The van der Waals surface area contributed by atoms with E-state index in [1.165, 1.54) is 6.42 Å². The zero-order chi connectivity index (χ0) is 15.8. The Balaban J connectivity index is 1.79. The molecule has 120 valence electrons. The van der Waals surface area contributed by atoms with Crippen molar-refractivity contribution in [2.24, 2.45) is 0 Å². The molecule has 0 aromatic heterocycles. The van der Waals surface area contributed by atoms with Crippen LogP contribution in [0.2, 0.25) is 0 Å². The maximum Gasteiger partial charge on any atom is 0.313 e. The fraction of sp³-hybridized carbons (Fsp3) is 0.556. The third-order valence-electron chi connectivity index (χ3n) is 4.21. The predicted molar refractivity (Wildman–Crippen MR) is 85.4 cm³/mol. The smallest absolute Gasteiger partial charge is 0.313 e. The van der Waals surface area contributed by atoms with Crippen molar-refractivity contribution >= 4 is 11.9 Å². The summed E-state index contributed by atoms with van der Waals surface area (Å²) in [5.74, 6) is -0.820. The summed E-state index contributed by atoms with van der Waals surface area (Å²) in [6.45, 7) is 1.76. The van der Waals surface area contributed by atoms with Crippen molar-refractivity contribution in [3.63, 3.8) is 0 Å². The molecule has 22 heavy (non-hydrogen) atoms. The Morgan fingerprint density at radius 3 is 2.50 bits per heavy atom. The minimum atomic E-state index is -0.326. The fourth-order valence-corrected chi connectivity index (χ4v) is 2.98. The van der Waals surface area contributed by atoms with Crippen LogP contribution in [-0.4, -0.2) is 24.5 Å². The highest BCUT2D eigenvalue weighted by atomic mass is 16.5. The van der Waals surface area contributed by atoms with Gasteiger partial charge >= 0.3 is 5.97 Å². The summed E-state index contributed by atoms with van der Waals surface area (Å²) in [5.41, 5.74) is 0.933. The van der Waals surface area contributed by atoms with E-state index in [4.69, 9.17) is 4.74 Å². The number of rotatable bonds is 6. The fourth-order valence-electron chi connectivity index (χ4n) is 2.98. The number of amides is 1. The van der Waals surface area contributed by atoms with Crippen molar-refractivity contribution in [2.75, 3.05) is 6.61 Å². The molecule has 1 amide bonds. The Bertz CT molecular complexity index is 480. The minimum absolute atomic E-state index is 0.182. The molecule has 0 aliphatic heterocycles. The van der Waals surface area contributed by atoms with Crippen LogP contribution >= 0.6 is 0 Å². The van der Waals surface area contributed by atoms with E-state index >= 15 is 0 Å². The van der Waals surface area contributed by atoms with Gasteiger partial charge in [0.25, 0.3) is 5.91 Å². The quantitative estimate of drug-likeness (QED) is 0.821. The van der Waals surface area contributed by atoms with Gasteiger partial charge in [-0.1, -0.05) is 56.5 Å². The zero-order valence-electron chi connectivity index (χ0n) is 13.2. The minimum Gasteiger partial charge on any atom is -0.455 e. The van der Waals surface area contributed by atoms with Gasteiger partial charge in [0.05, 0.1) is 5.92 Å². The van der Waals surface area contributed by atoms with E-state index in [0.717, 1.165) is 31.2 Å². The van der Waals surface area contributed by atoms with Crippen LogP contribution in [0.5, 0.6) is 0 Å². The normalized spacial score (nSPS) is 16.8. The second-order valence-corrected chi connectivity index (χ2v) is 5.88. The second-order valence-electron chi connectivity index (χ2n) is 5.88. The van der Waals surface area contributed by atoms with Crippen molar-refractivity contribution < 1.29 is 14.3 Å². The molecule has 1 saturated carbocycles. The molecule has 1 aliphatic rings. The molecule has 1 aliphatic carbocycles. The lowest BCUT2D eigenvalue weighted by molar-refractivity contribution is -0.150. The lowest BCUT2D eigenvalue weighted by Gasteiger charge is -2.22. The number of hydrogen-bond donors (Lipinski definition) is 1. The molecule has 1 atom stereocenters. The molecule has 2 rings (SSSR count). The maximum atomic E-state index is 12.2. The van der Waals surface area contributed by atoms with Gasteiger partial charge in [0, 0.05) is 6.04 Å². The van der Waals surface area contributed by atoms with Gasteiger partial charge in [0.1, 0.15) is 0 Å². The summed E-state index contributed by atoms with van der Waals surface area (Å²) >= 11 is 0. The van der Waals surface area contributed by atoms with E-state index < -0.39 is 0 Å². The topological polar surface area (TPSA) is 55.4 Å². The highest BCUT2D eigenvalue weighted by Crippen LogP contribution is 2.21. The third kappa shape index (κ3) is 4.86. The summed E-state index contributed by atoms with van der Waals surface area (Å²) in [4.78, 5) is 24.0. The Kier molecular flexibility index (Phi) is 6.44. The van der Waals surface area contributed by atoms with Crippen LogP contribution in [0.25, 0.3) is 0 Å². The average molecular weight is 303 g/mol. The first kappa shape index (κ1) is 16.5. The van der Waals surface area contributed by atoms with Crippen LogP contribution in [0.3, 0.4) is 0 Å². The van der Waals surface area contributed by atoms with Gasteiger partial charge in [-0.25, -0.2) is 0 Å². The van der Waals surface area contributed by atoms with Crippen LogP contribution in [0.1, 0.15) is 56.9 Å². The molecule has 1 unspecified atom stereocenters. The summed E-state index contributed by atoms with van der Waals surface area (Å²) in [5, 5.41) is 2.95. The monoisotopic (exact) mass is 303 g/mol. The Morgan fingerprint density at radius 2 is 1.86 bits per heavy atom. The van der Waals surface area contributed by atoms with Crippen molar-refractivity contribution in [3.8, 4) is 0 Å². The molecule has 0 radical (unpaired) electrons. The molecule has 0 saturated heterocycles. The molecule has 0 spiro atoms. The first-order chi connectivity index (χ1) is 10.7. The number of benzene rings is 1. The van der Waals surface area contributed by atoms with E-state index in [2.05, 4.69) is 5.32 Å². The van der Waals surface area contributed by atoms with Crippen molar-refractivity contribution in [1.82, 2.24) is 5.32 Å². The Hall–Kier alpha value is -1.84. The van der Waals surface area contributed by atoms with Crippen molar-refractivity contribution in [2.45, 2.75) is 57.4 Å². The van der Waals surface area contributed by atoms with Crippen LogP contribution in [-0.2, 0) is 14.3 Å². The first-order valence-electron chi connectivity index (χ1n) is 8.21. The number of ether oxygens (including phenoxy) is 1. The van der Waals surface area contributed by atoms with Gasteiger partial charge in [-0.05, 0) is 24.8 Å². The molecule has 0 bridgehead atoms. The number of nitrogens with one attached hydrogen (secondary N) is 1. The maximum absolute atomic E-state index is 12.2. The third-order valence-corrected chi connectivity index (χ3v) is 4.21. The predicted octanol–water partition coefficient (Wildman–Crippen LogP) is 3.17. The van der Waals surface area contributed by atoms with E-state index in [-0.39, 0.29) is 30.4 Å². The van der Waals surface area contributed by atoms with Crippen molar-refractivity contribution in [1.29, 1.82) is 0 Å².